The van der Waals surface area contributed by atoms with Gasteiger partial charge in [-0.3, -0.25) is 5.32 Å². The van der Waals surface area contributed by atoms with Crippen molar-refractivity contribution in [2.75, 3.05) is 0 Å². The quantitative estimate of drug-likeness (QED) is 0.867. The molecule has 0 aliphatic heterocycles. The van der Waals surface area contributed by atoms with Crippen LogP contribution in [-0.2, 0) is 6.54 Å². The number of nitrogens with one attached hydrogen (secondary N) is 1. The Balaban J connectivity index is 1.96. The van der Waals surface area contributed by atoms with Crippen LogP contribution >= 0.6 is 0 Å². The second-order valence-corrected chi connectivity index (χ2v) is 6.62. The van der Waals surface area contributed by atoms with Crippen molar-refractivity contribution in [3.05, 3.63) is 35.9 Å². The molecule has 20 heavy (non-hydrogen) atoms. The molecule has 1 aliphatic carbocycles. The summed E-state index contributed by atoms with van der Waals surface area (Å²) in [5, 5.41) is 13.2. The van der Waals surface area contributed by atoms with Gasteiger partial charge in [0.1, 0.15) is 5.54 Å². The Hall–Kier alpha value is -1.33. The van der Waals surface area contributed by atoms with Gasteiger partial charge in [0.2, 0.25) is 0 Å². The first-order valence-electron chi connectivity index (χ1n) is 7.84. The summed E-state index contributed by atoms with van der Waals surface area (Å²) < 4.78 is 0. The molecular weight excluding hydrogens is 244 g/mol. The van der Waals surface area contributed by atoms with E-state index < -0.39 is 0 Å². The summed E-state index contributed by atoms with van der Waals surface area (Å²) in [5.74, 6) is 1.43. The van der Waals surface area contributed by atoms with Gasteiger partial charge in [0.25, 0.3) is 0 Å². The van der Waals surface area contributed by atoms with E-state index in [1.807, 2.05) is 6.07 Å². The van der Waals surface area contributed by atoms with Crippen LogP contribution in [0.4, 0.5) is 0 Å². The number of nitrogens with zero attached hydrogens (tertiary/aromatic N) is 1. The van der Waals surface area contributed by atoms with Gasteiger partial charge < -0.3 is 0 Å². The van der Waals surface area contributed by atoms with Gasteiger partial charge in [-0.1, -0.05) is 57.0 Å². The van der Waals surface area contributed by atoms with Crippen molar-refractivity contribution in [3.63, 3.8) is 0 Å². The average Bonchev–Trinajstić information content (AvgIpc) is 2.46. The van der Waals surface area contributed by atoms with Crippen molar-refractivity contribution in [1.29, 1.82) is 5.26 Å². The van der Waals surface area contributed by atoms with E-state index in [-0.39, 0.29) is 5.54 Å². The molecule has 108 valence electrons. The number of hydrogen-bond acceptors (Lipinski definition) is 2. The third-order valence-corrected chi connectivity index (χ3v) is 4.35. The van der Waals surface area contributed by atoms with Crippen LogP contribution in [0.25, 0.3) is 0 Å². The molecule has 1 saturated carbocycles. The summed E-state index contributed by atoms with van der Waals surface area (Å²) in [6.07, 6.45) is 5.71. The maximum atomic E-state index is 9.66. The highest BCUT2D eigenvalue weighted by Gasteiger charge is 2.36. The SMILES string of the molecule is CC(C)CC1CCCC(C#N)(NCc2ccccc2)C1. The van der Waals surface area contributed by atoms with Gasteiger partial charge in [0.15, 0.2) is 0 Å². The van der Waals surface area contributed by atoms with Crippen LogP contribution in [0.3, 0.4) is 0 Å². The summed E-state index contributed by atoms with van der Waals surface area (Å²) in [4.78, 5) is 0. The molecule has 0 amide bonds. The molecule has 1 fully saturated rings. The van der Waals surface area contributed by atoms with E-state index in [4.69, 9.17) is 0 Å². The van der Waals surface area contributed by atoms with E-state index in [9.17, 15) is 5.26 Å². The Morgan fingerprint density at radius 3 is 2.75 bits per heavy atom. The largest absolute Gasteiger partial charge is 0.295 e. The van der Waals surface area contributed by atoms with E-state index in [1.165, 1.54) is 24.8 Å². The fraction of sp³-hybridized carbons (Fsp3) is 0.611. The van der Waals surface area contributed by atoms with Crippen LogP contribution in [0.5, 0.6) is 0 Å². The first-order chi connectivity index (χ1) is 9.63. The molecule has 0 bridgehead atoms. The summed E-state index contributed by atoms with van der Waals surface area (Å²) in [6, 6.07) is 13.0. The molecule has 0 spiro atoms. The van der Waals surface area contributed by atoms with Crippen LogP contribution < -0.4 is 5.32 Å². The smallest absolute Gasteiger partial charge is 0.107 e. The molecular formula is C18H26N2. The lowest BCUT2D eigenvalue weighted by Gasteiger charge is -2.37. The molecule has 0 heterocycles. The third-order valence-electron chi connectivity index (χ3n) is 4.35. The predicted molar refractivity (Wildman–Crippen MR) is 83.0 cm³/mol. The molecule has 2 rings (SSSR count). The van der Waals surface area contributed by atoms with Crippen molar-refractivity contribution >= 4 is 0 Å². The monoisotopic (exact) mass is 270 g/mol. The van der Waals surface area contributed by atoms with Crippen LogP contribution in [0.15, 0.2) is 30.3 Å². The normalized spacial score (nSPS) is 26.4. The molecule has 2 heteroatoms. The number of hydrogen-bond donors (Lipinski definition) is 1. The second-order valence-electron chi connectivity index (χ2n) is 6.62. The van der Waals surface area contributed by atoms with Crippen molar-refractivity contribution in [2.45, 2.75) is 58.0 Å². The highest BCUT2D eigenvalue weighted by Crippen LogP contribution is 2.35. The summed E-state index contributed by atoms with van der Waals surface area (Å²) >= 11 is 0. The van der Waals surface area contributed by atoms with E-state index in [1.54, 1.807) is 0 Å². The van der Waals surface area contributed by atoms with Gasteiger partial charge in [-0.15, -0.1) is 0 Å². The first-order valence-corrected chi connectivity index (χ1v) is 7.84. The Morgan fingerprint density at radius 2 is 2.10 bits per heavy atom. The minimum Gasteiger partial charge on any atom is -0.295 e. The van der Waals surface area contributed by atoms with Gasteiger partial charge in [-0.2, -0.15) is 5.26 Å². The zero-order valence-corrected chi connectivity index (χ0v) is 12.7. The van der Waals surface area contributed by atoms with Crippen LogP contribution in [-0.4, -0.2) is 5.54 Å². The fourth-order valence-electron chi connectivity index (χ4n) is 3.43. The number of nitriles is 1. The molecule has 2 nitrogen and oxygen atoms in total. The summed E-state index contributed by atoms with van der Waals surface area (Å²) in [5.41, 5.74) is 0.946. The Morgan fingerprint density at radius 1 is 1.35 bits per heavy atom. The van der Waals surface area contributed by atoms with E-state index in [0.717, 1.165) is 25.3 Å². The minimum atomic E-state index is -0.312. The van der Waals surface area contributed by atoms with Crippen molar-refractivity contribution in [2.24, 2.45) is 11.8 Å². The molecule has 1 N–H and O–H groups in total. The van der Waals surface area contributed by atoms with E-state index >= 15 is 0 Å². The van der Waals surface area contributed by atoms with Crippen LogP contribution in [0.1, 0.15) is 51.5 Å². The molecule has 0 aromatic heterocycles. The fourth-order valence-corrected chi connectivity index (χ4v) is 3.43. The van der Waals surface area contributed by atoms with Crippen molar-refractivity contribution in [1.82, 2.24) is 5.32 Å². The average molecular weight is 270 g/mol. The molecule has 0 saturated heterocycles. The predicted octanol–water partition coefficient (Wildman–Crippen LogP) is 4.27. The topological polar surface area (TPSA) is 35.8 Å². The Kier molecular flexibility index (Phi) is 5.20. The molecule has 1 aromatic carbocycles. The first kappa shape index (κ1) is 15.1. The summed E-state index contributed by atoms with van der Waals surface area (Å²) in [7, 11) is 0. The molecule has 0 radical (unpaired) electrons. The van der Waals surface area contributed by atoms with Gasteiger partial charge >= 0.3 is 0 Å². The Bertz CT molecular complexity index is 446. The van der Waals surface area contributed by atoms with Crippen molar-refractivity contribution < 1.29 is 0 Å². The van der Waals surface area contributed by atoms with E-state index in [0.29, 0.717) is 5.92 Å². The zero-order chi connectivity index (χ0) is 14.4. The minimum absolute atomic E-state index is 0.312. The van der Waals surface area contributed by atoms with E-state index in [2.05, 4.69) is 49.5 Å². The lowest BCUT2D eigenvalue weighted by atomic mass is 9.73. The van der Waals surface area contributed by atoms with Crippen LogP contribution in [0.2, 0.25) is 0 Å². The second kappa shape index (κ2) is 6.90. The van der Waals surface area contributed by atoms with Crippen molar-refractivity contribution in [3.8, 4) is 6.07 Å². The lowest BCUT2D eigenvalue weighted by Crippen LogP contribution is -2.47. The highest BCUT2D eigenvalue weighted by molar-refractivity contribution is 5.17. The highest BCUT2D eigenvalue weighted by atomic mass is 15.0. The maximum Gasteiger partial charge on any atom is 0.107 e. The standard InChI is InChI=1S/C18H26N2/c1-15(2)11-17-9-6-10-18(12-17,14-19)20-13-16-7-4-3-5-8-16/h3-5,7-8,15,17,20H,6,9-13H2,1-2H3. The molecule has 2 unspecified atom stereocenters. The lowest BCUT2D eigenvalue weighted by molar-refractivity contribution is 0.205. The van der Waals surface area contributed by atoms with Gasteiger partial charge in [0.05, 0.1) is 6.07 Å². The maximum absolute atomic E-state index is 9.66. The summed E-state index contributed by atoms with van der Waals surface area (Å²) in [6.45, 7) is 5.35. The van der Waals surface area contributed by atoms with Gasteiger partial charge in [-0.05, 0) is 36.7 Å². The van der Waals surface area contributed by atoms with Gasteiger partial charge in [-0.25, -0.2) is 0 Å². The van der Waals surface area contributed by atoms with Crippen LogP contribution in [0, 0.1) is 23.2 Å². The molecule has 1 aromatic rings. The Labute approximate surface area is 123 Å². The number of rotatable bonds is 5. The molecule has 1 aliphatic rings. The molecule has 2 atom stereocenters. The zero-order valence-electron chi connectivity index (χ0n) is 12.7. The van der Waals surface area contributed by atoms with Gasteiger partial charge in [0, 0.05) is 6.54 Å². The third kappa shape index (κ3) is 4.08. The number of benzene rings is 1.